The van der Waals surface area contributed by atoms with Gasteiger partial charge in [0.1, 0.15) is 6.54 Å². The van der Waals surface area contributed by atoms with Gasteiger partial charge in [-0.15, -0.1) is 0 Å². The predicted octanol–water partition coefficient (Wildman–Crippen LogP) is 3.22. The number of amides is 4. The molecule has 2 aromatic rings. The number of rotatable bonds is 6. The Hall–Kier alpha value is -3.10. The summed E-state index contributed by atoms with van der Waals surface area (Å²) in [5.41, 5.74) is 4.11. The first-order chi connectivity index (χ1) is 13.3. The average Bonchev–Trinajstić information content (AvgIpc) is 2.64. The van der Waals surface area contributed by atoms with Crippen LogP contribution in [0.1, 0.15) is 12.5 Å². The van der Waals surface area contributed by atoms with Crippen LogP contribution in [0.15, 0.2) is 47.6 Å². The zero-order valence-electron chi connectivity index (χ0n) is 14.8. The Kier molecular flexibility index (Phi) is 7.79. The number of benzene rings is 2. The van der Waals surface area contributed by atoms with Crippen LogP contribution in [0.2, 0.25) is 10.0 Å². The van der Waals surface area contributed by atoms with Gasteiger partial charge in [-0.1, -0.05) is 35.3 Å². The summed E-state index contributed by atoms with van der Waals surface area (Å²) >= 11 is 11.7. The topological polar surface area (TPSA) is 112 Å². The number of anilines is 2. The summed E-state index contributed by atoms with van der Waals surface area (Å²) in [6.07, 6.45) is 1.44. The molecule has 0 aliphatic heterocycles. The maximum Gasteiger partial charge on any atom is 0.319 e. The third-order valence-electron chi connectivity index (χ3n) is 3.22. The monoisotopic (exact) mass is 421 g/mol. The summed E-state index contributed by atoms with van der Waals surface area (Å²) in [7, 11) is 0. The van der Waals surface area contributed by atoms with E-state index in [1.165, 1.54) is 19.2 Å². The summed E-state index contributed by atoms with van der Waals surface area (Å²) in [6.45, 7) is 1.15. The molecular weight excluding hydrogens is 405 g/mol. The molecule has 0 unspecified atom stereocenters. The van der Waals surface area contributed by atoms with E-state index in [4.69, 9.17) is 23.2 Å². The number of nitrogens with one attached hydrogen (secondary N) is 4. The molecule has 0 saturated heterocycles. The van der Waals surface area contributed by atoms with Gasteiger partial charge in [-0.2, -0.15) is 5.10 Å². The fourth-order valence-corrected chi connectivity index (χ4v) is 2.28. The highest BCUT2D eigenvalue weighted by Crippen LogP contribution is 2.24. The number of carbonyl (C=O) groups excluding carboxylic acids is 3. The van der Waals surface area contributed by atoms with Gasteiger partial charge in [0.05, 0.1) is 16.3 Å². The summed E-state index contributed by atoms with van der Waals surface area (Å²) in [6, 6.07) is 10.9. The largest absolute Gasteiger partial charge is 0.329 e. The first-order valence-corrected chi connectivity index (χ1v) is 8.78. The molecule has 2 aromatic carbocycles. The van der Waals surface area contributed by atoms with Gasteiger partial charge in [-0.05, 0) is 35.9 Å². The third-order valence-corrected chi connectivity index (χ3v) is 3.96. The van der Waals surface area contributed by atoms with Crippen molar-refractivity contribution in [3.8, 4) is 0 Å². The van der Waals surface area contributed by atoms with Crippen molar-refractivity contribution in [1.29, 1.82) is 0 Å². The van der Waals surface area contributed by atoms with Gasteiger partial charge >= 0.3 is 6.03 Å². The van der Waals surface area contributed by atoms with Gasteiger partial charge in [-0.25, -0.2) is 10.2 Å². The highest BCUT2D eigenvalue weighted by Gasteiger charge is 2.06. The average molecular weight is 422 g/mol. The number of urea groups is 1. The van der Waals surface area contributed by atoms with Crippen molar-refractivity contribution >= 4 is 58.6 Å². The maximum atomic E-state index is 11.8. The fraction of sp³-hybridized carbons (Fsp3) is 0.111. The molecule has 0 radical (unpaired) electrons. The van der Waals surface area contributed by atoms with Gasteiger partial charge in [0.15, 0.2) is 0 Å². The van der Waals surface area contributed by atoms with Crippen molar-refractivity contribution in [2.75, 3.05) is 17.2 Å². The van der Waals surface area contributed by atoms with Gasteiger partial charge in [0.2, 0.25) is 5.91 Å². The third kappa shape index (κ3) is 7.26. The van der Waals surface area contributed by atoms with Crippen molar-refractivity contribution in [1.82, 2.24) is 10.7 Å². The molecule has 8 nitrogen and oxygen atoms in total. The molecule has 146 valence electrons. The number of hydrogen-bond acceptors (Lipinski definition) is 4. The number of carbonyl (C=O) groups is 3. The SMILES string of the molecule is CC(=O)Nc1ccc(/C=N/NC(=O)CNC(=O)Nc2ccc(Cl)c(Cl)c2)cc1. The van der Waals surface area contributed by atoms with Gasteiger partial charge in [-0.3, -0.25) is 9.59 Å². The molecule has 4 N–H and O–H groups in total. The van der Waals surface area contributed by atoms with Crippen LogP contribution in [0.3, 0.4) is 0 Å². The predicted molar refractivity (Wildman–Crippen MR) is 110 cm³/mol. The van der Waals surface area contributed by atoms with Crippen molar-refractivity contribution < 1.29 is 14.4 Å². The van der Waals surface area contributed by atoms with Crippen LogP contribution in [0, 0.1) is 0 Å². The van der Waals surface area contributed by atoms with E-state index in [2.05, 4.69) is 26.5 Å². The van der Waals surface area contributed by atoms with Crippen LogP contribution < -0.4 is 21.4 Å². The van der Waals surface area contributed by atoms with Gasteiger partial charge < -0.3 is 16.0 Å². The lowest BCUT2D eigenvalue weighted by molar-refractivity contribution is -0.120. The molecule has 10 heteroatoms. The number of nitrogens with zero attached hydrogens (tertiary/aromatic N) is 1. The van der Waals surface area contributed by atoms with E-state index < -0.39 is 11.9 Å². The van der Waals surface area contributed by atoms with Crippen LogP contribution in [-0.4, -0.2) is 30.6 Å². The second kappa shape index (κ2) is 10.3. The van der Waals surface area contributed by atoms with Crippen molar-refractivity contribution in [2.24, 2.45) is 5.10 Å². The number of halogens is 2. The number of hydrazone groups is 1. The lowest BCUT2D eigenvalue weighted by Gasteiger charge is -2.07. The Labute approximate surface area is 171 Å². The van der Waals surface area contributed by atoms with E-state index in [-0.39, 0.29) is 12.5 Å². The van der Waals surface area contributed by atoms with Crippen LogP contribution >= 0.6 is 23.2 Å². The van der Waals surface area contributed by atoms with Gasteiger partial charge in [0.25, 0.3) is 5.91 Å². The Morgan fingerprint density at radius 1 is 0.964 bits per heavy atom. The Bertz CT molecular complexity index is 901. The minimum absolute atomic E-state index is 0.163. The summed E-state index contributed by atoms with van der Waals surface area (Å²) < 4.78 is 0. The molecular formula is C18H17Cl2N5O3. The molecule has 0 saturated carbocycles. The molecule has 0 fully saturated rings. The lowest BCUT2D eigenvalue weighted by Crippen LogP contribution is -2.37. The highest BCUT2D eigenvalue weighted by atomic mass is 35.5. The van der Waals surface area contributed by atoms with Gasteiger partial charge in [0, 0.05) is 18.3 Å². The zero-order chi connectivity index (χ0) is 20.5. The molecule has 0 atom stereocenters. The molecule has 0 aliphatic rings. The molecule has 0 heterocycles. The molecule has 0 spiro atoms. The molecule has 0 aromatic heterocycles. The van der Waals surface area contributed by atoms with E-state index in [9.17, 15) is 14.4 Å². The minimum Gasteiger partial charge on any atom is -0.329 e. The van der Waals surface area contributed by atoms with E-state index in [0.717, 1.165) is 5.56 Å². The second-order valence-electron chi connectivity index (χ2n) is 5.53. The quantitative estimate of drug-likeness (QED) is 0.424. The van der Waals surface area contributed by atoms with Crippen LogP contribution in [0.4, 0.5) is 16.2 Å². The summed E-state index contributed by atoms with van der Waals surface area (Å²) in [4.78, 5) is 34.4. The maximum absolute atomic E-state index is 11.8. The fourth-order valence-electron chi connectivity index (χ4n) is 1.98. The Balaban J connectivity index is 1.74. The Morgan fingerprint density at radius 3 is 2.29 bits per heavy atom. The van der Waals surface area contributed by atoms with Crippen molar-refractivity contribution in [2.45, 2.75) is 6.92 Å². The molecule has 4 amide bonds. The van der Waals surface area contributed by atoms with Crippen LogP contribution in [0.5, 0.6) is 0 Å². The minimum atomic E-state index is -0.578. The van der Waals surface area contributed by atoms with E-state index in [1.807, 2.05) is 0 Å². The first-order valence-electron chi connectivity index (χ1n) is 8.03. The normalized spacial score (nSPS) is 10.4. The van der Waals surface area contributed by atoms with E-state index >= 15 is 0 Å². The van der Waals surface area contributed by atoms with Crippen LogP contribution in [0.25, 0.3) is 0 Å². The second-order valence-corrected chi connectivity index (χ2v) is 6.35. The van der Waals surface area contributed by atoms with Crippen molar-refractivity contribution in [3.05, 3.63) is 58.1 Å². The zero-order valence-corrected chi connectivity index (χ0v) is 16.3. The van der Waals surface area contributed by atoms with Crippen molar-refractivity contribution in [3.63, 3.8) is 0 Å². The lowest BCUT2D eigenvalue weighted by atomic mass is 10.2. The van der Waals surface area contributed by atoms with E-state index in [0.29, 0.717) is 21.4 Å². The number of hydrogen-bond donors (Lipinski definition) is 4. The highest BCUT2D eigenvalue weighted by molar-refractivity contribution is 6.42. The van der Waals surface area contributed by atoms with E-state index in [1.54, 1.807) is 36.4 Å². The molecule has 28 heavy (non-hydrogen) atoms. The molecule has 0 bridgehead atoms. The molecule has 2 rings (SSSR count). The summed E-state index contributed by atoms with van der Waals surface area (Å²) in [5.74, 6) is -0.667. The smallest absolute Gasteiger partial charge is 0.319 e. The Morgan fingerprint density at radius 2 is 1.64 bits per heavy atom. The first kappa shape index (κ1) is 21.2. The van der Waals surface area contributed by atoms with Crippen LogP contribution in [-0.2, 0) is 9.59 Å². The standard InChI is InChI=1S/C18H17Cl2N5O3/c1-11(26)23-13-4-2-12(3-5-13)9-22-25-17(27)10-21-18(28)24-14-6-7-15(19)16(20)8-14/h2-9H,10H2,1H3,(H,23,26)(H,25,27)(H2,21,24,28)/b22-9+. The summed E-state index contributed by atoms with van der Waals surface area (Å²) in [5, 5.41) is 12.0. The molecule has 0 aliphatic carbocycles.